The summed E-state index contributed by atoms with van der Waals surface area (Å²) in [4.78, 5) is 27.5. The van der Waals surface area contributed by atoms with Gasteiger partial charge in [0.1, 0.15) is 11.3 Å². The number of esters is 1. The molecule has 0 radical (unpaired) electrons. The standard InChI is InChI=1S/C30H31N2O4.CH3N.Co/c1-19-6-4-5-7-27(19)25-12-21(13-26(33)14-25)17-32-18-22-15-30(32,16-22)29(35)31-20(2)23-8-10-24(11-9-23)28(34)36-3;1-2;/h5-14,20,22,33H,15-18H2,1-3H3,(H,31,35);1H,2H2;/q-1;;/t20-,22?,30?;;/m0../s1. The summed E-state index contributed by atoms with van der Waals surface area (Å²) in [5.74, 6) is 0.406. The zero-order valence-electron chi connectivity index (χ0n) is 22.4. The number of carbonyl (C=O) groups excluding carboxylic acids is 2. The number of ether oxygens (including phenoxy) is 1. The number of nitrogens with zero attached hydrogens (tertiary/aromatic N) is 1. The molecule has 3 aromatic rings. The van der Waals surface area contributed by atoms with E-state index in [1.165, 1.54) is 12.2 Å². The Bertz CT molecular complexity index is 1350. The van der Waals surface area contributed by atoms with Crippen molar-refractivity contribution in [3.63, 3.8) is 0 Å². The molecule has 0 aromatic heterocycles. The van der Waals surface area contributed by atoms with Gasteiger partial charge < -0.3 is 15.2 Å². The van der Waals surface area contributed by atoms with Gasteiger partial charge in [-0.1, -0.05) is 25.1 Å². The number of nitrogens with one attached hydrogen (secondary N) is 1. The van der Waals surface area contributed by atoms with Crippen molar-refractivity contribution in [1.82, 2.24) is 10.2 Å². The van der Waals surface area contributed by atoms with Gasteiger partial charge >= 0.3 is 32.1 Å². The van der Waals surface area contributed by atoms with Crippen LogP contribution in [0.15, 0.2) is 60.7 Å². The average Bonchev–Trinajstić information content (AvgIpc) is 3.44. The van der Waals surface area contributed by atoms with Gasteiger partial charge in [0, 0.05) is 13.1 Å². The number of hydrogen-bond donors (Lipinski definition) is 3. The SMILES string of the molecule is COC(=O)c1ccc([C@H](C)NC(=O)C23CC(CN2Cc2cc(O)cc(-c4cc[c-]cc4C)c2)C3)cc1.N[CH]=[Co]. The molecule has 6 rings (SSSR count). The van der Waals surface area contributed by atoms with Crippen LogP contribution in [-0.4, -0.2) is 46.2 Å². The molecule has 39 heavy (non-hydrogen) atoms. The van der Waals surface area contributed by atoms with Gasteiger partial charge in [0.05, 0.1) is 18.7 Å². The van der Waals surface area contributed by atoms with E-state index in [0.29, 0.717) is 18.0 Å². The van der Waals surface area contributed by atoms with Crippen LogP contribution in [0.5, 0.6) is 5.75 Å². The number of methoxy groups -OCH3 is 1. The first kappa shape index (κ1) is 28.7. The first-order valence-corrected chi connectivity index (χ1v) is 13.5. The van der Waals surface area contributed by atoms with Gasteiger partial charge in [0.2, 0.25) is 5.91 Å². The Morgan fingerprint density at radius 1 is 1.26 bits per heavy atom. The fourth-order valence-electron chi connectivity index (χ4n) is 5.73. The molecule has 1 aliphatic carbocycles. The van der Waals surface area contributed by atoms with Crippen molar-refractivity contribution >= 4 is 17.0 Å². The molecule has 2 saturated heterocycles. The van der Waals surface area contributed by atoms with Gasteiger partial charge in [-0.2, -0.15) is 29.8 Å². The molecular formula is C31H34CoN3O4-. The van der Waals surface area contributed by atoms with Crippen LogP contribution in [0.3, 0.4) is 0 Å². The number of aromatic hydroxyl groups is 1. The number of carbonyl (C=O) groups is 2. The van der Waals surface area contributed by atoms with Crippen LogP contribution >= 0.6 is 0 Å². The van der Waals surface area contributed by atoms with Crippen LogP contribution in [0, 0.1) is 18.9 Å². The average molecular weight is 572 g/mol. The summed E-state index contributed by atoms with van der Waals surface area (Å²) in [7, 11) is 1.36. The molecule has 3 aliphatic rings. The zero-order valence-corrected chi connectivity index (χ0v) is 23.4. The summed E-state index contributed by atoms with van der Waals surface area (Å²) < 4.78 is 4.76. The monoisotopic (exact) mass is 571 g/mol. The second-order valence-corrected chi connectivity index (χ2v) is 10.6. The summed E-state index contributed by atoms with van der Waals surface area (Å²) in [6, 6.07) is 21.5. The molecule has 2 heterocycles. The molecule has 0 unspecified atom stereocenters. The van der Waals surface area contributed by atoms with Crippen molar-refractivity contribution in [1.29, 1.82) is 0 Å². The molecule has 2 bridgehead atoms. The first-order chi connectivity index (χ1) is 18.7. The van der Waals surface area contributed by atoms with Crippen LogP contribution in [0.2, 0.25) is 0 Å². The Hall–Kier alpha value is -3.30. The fraction of sp³-hybridized carbons (Fsp3) is 0.323. The van der Waals surface area contributed by atoms with Crippen LogP contribution < -0.4 is 11.1 Å². The Balaban J connectivity index is 0.00000112. The van der Waals surface area contributed by atoms with E-state index in [2.05, 4.69) is 43.4 Å². The van der Waals surface area contributed by atoms with E-state index in [1.807, 2.05) is 44.2 Å². The number of fused-ring (bicyclic) bond motifs is 1. The second-order valence-electron chi connectivity index (χ2n) is 10.2. The van der Waals surface area contributed by atoms with Gasteiger partial charge in [0.25, 0.3) is 0 Å². The van der Waals surface area contributed by atoms with Crippen molar-refractivity contribution < 1.29 is 34.7 Å². The van der Waals surface area contributed by atoms with E-state index in [4.69, 9.17) is 4.74 Å². The zero-order chi connectivity index (χ0) is 28.2. The first-order valence-electron chi connectivity index (χ1n) is 12.9. The van der Waals surface area contributed by atoms with Crippen LogP contribution in [0.25, 0.3) is 11.1 Å². The molecule has 4 N–H and O–H groups in total. The van der Waals surface area contributed by atoms with E-state index < -0.39 is 5.54 Å². The Labute approximate surface area is 237 Å². The number of benzene rings is 3. The summed E-state index contributed by atoms with van der Waals surface area (Å²) in [6.07, 6.45) is 1.71. The van der Waals surface area contributed by atoms with Crippen molar-refractivity contribution in [2.24, 2.45) is 11.7 Å². The minimum atomic E-state index is -0.520. The fourth-order valence-corrected chi connectivity index (χ4v) is 5.73. The Kier molecular flexibility index (Phi) is 9.02. The number of nitrogens with two attached hydrogens (primary N) is 1. The van der Waals surface area contributed by atoms with Crippen LogP contribution in [0.1, 0.15) is 52.9 Å². The normalized spacial score (nSPS) is 20.2. The van der Waals surface area contributed by atoms with Gasteiger partial charge in [-0.05, 0) is 66.6 Å². The molecule has 207 valence electrons. The molecule has 1 saturated carbocycles. The predicted octanol–water partition coefficient (Wildman–Crippen LogP) is 4.05. The number of hydrogen-bond acceptors (Lipinski definition) is 6. The molecule has 0 spiro atoms. The van der Waals surface area contributed by atoms with E-state index in [9.17, 15) is 14.7 Å². The molecule has 8 heteroatoms. The van der Waals surface area contributed by atoms with Gasteiger partial charge in [-0.3, -0.25) is 9.69 Å². The number of rotatable bonds is 7. The van der Waals surface area contributed by atoms with Gasteiger partial charge in [-0.25, -0.2) is 4.79 Å². The third-order valence-electron chi connectivity index (χ3n) is 7.67. The maximum atomic E-state index is 13.5. The van der Waals surface area contributed by atoms with E-state index in [1.54, 1.807) is 24.3 Å². The quantitative estimate of drug-likeness (QED) is 0.292. The molecule has 1 amide bonds. The van der Waals surface area contributed by atoms with Crippen LogP contribution in [-0.2, 0) is 31.4 Å². The van der Waals surface area contributed by atoms with Gasteiger partial charge in [0.15, 0.2) is 0 Å². The maximum absolute atomic E-state index is 13.5. The van der Waals surface area contributed by atoms with Crippen molar-refractivity contribution in [3.05, 3.63) is 89.0 Å². The van der Waals surface area contributed by atoms with E-state index in [0.717, 1.165) is 47.2 Å². The summed E-state index contributed by atoms with van der Waals surface area (Å²) in [6.45, 7) is 5.47. The Morgan fingerprint density at radius 2 is 1.95 bits per heavy atom. The number of phenols is 1. The molecule has 3 fully saturated rings. The minimum absolute atomic E-state index is 0.0376. The summed E-state index contributed by atoms with van der Waals surface area (Å²) in [5, 5.41) is 14.8. The number of amides is 1. The van der Waals surface area contributed by atoms with Crippen molar-refractivity contribution in [2.45, 2.75) is 44.8 Å². The predicted molar refractivity (Wildman–Crippen MR) is 148 cm³/mol. The van der Waals surface area contributed by atoms with E-state index >= 15 is 0 Å². The second kappa shape index (κ2) is 12.3. The number of phenolic OH excluding ortho intramolecular Hbond substituents is 1. The number of aryl methyl sites for hydroxylation is 1. The summed E-state index contributed by atoms with van der Waals surface area (Å²) >= 11 is 3.48. The third kappa shape index (κ3) is 6.14. The molecular weight excluding hydrogens is 537 g/mol. The van der Waals surface area contributed by atoms with Gasteiger partial charge in [-0.15, -0.1) is 5.56 Å². The molecule has 7 nitrogen and oxygen atoms in total. The topological polar surface area (TPSA) is 105 Å². The van der Waals surface area contributed by atoms with Crippen LogP contribution in [0.4, 0.5) is 0 Å². The molecule has 3 aromatic carbocycles. The van der Waals surface area contributed by atoms with Crippen molar-refractivity contribution in [3.8, 4) is 16.9 Å². The molecule has 1 atom stereocenters. The molecule has 2 aliphatic heterocycles. The summed E-state index contributed by atoms with van der Waals surface area (Å²) in [5.41, 5.74) is 9.60. The Morgan fingerprint density at radius 3 is 2.59 bits per heavy atom. The van der Waals surface area contributed by atoms with Crippen molar-refractivity contribution in [2.75, 3.05) is 13.7 Å². The van der Waals surface area contributed by atoms with E-state index in [-0.39, 0.29) is 23.7 Å². The third-order valence-corrected chi connectivity index (χ3v) is 7.67.